The van der Waals surface area contributed by atoms with E-state index in [4.69, 9.17) is 0 Å². The predicted molar refractivity (Wildman–Crippen MR) is 92.9 cm³/mol. The smallest absolute Gasteiger partial charge is 0.248 e. The van der Waals surface area contributed by atoms with Crippen molar-refractivity contribution in [1.82, 2.24) is 19.9 Å². The minimum absolute atomic E-state index is 0.0478. The van der Waals surface area contributed by atoms with Crippen molar-refractivity contribution < 1.29 is 4.79 Å². The van der Waals surface area contributed by atoms with Crippen LogP contribution in [0.2, 0.25) is 0 Å². The highest BCUT2D eigenvalue weighted by atomic mass is 16.2. The summed E-state index contributed by atoms with van der Waals surface area (Å²) < 4.78 is 0. The Morgan fingerprint density at radius 3 is 2.88 bits per heavy atom. The Labute approximate surface area is 141 Å². The molecule has 1 atom stereocenters. The Bertz CT molecular complexity index is 731. The van der Waals surface area contributed by atoms with E-state index >= 15 is 0 Å². The van der Waals surface area contributed by atoms with E-state index in [0.29, 0.717) is 17.3 Å². The van der Waals surface area contributed by atoms with E-state index in [-0.39, 0.29) is 5.91 Å². The molecular formula is C18H21N5O. The quantitative estimate of drug-likeness (QED) is 0.876. The number of hydrogen-bond acceptors (Lipinski definition) is 5. The lowest BCUT2D eigenvalue weighted by molar-refractivity contribution is -0.128. The highest BCUT2D eigenvalue weighted by Crippen LogP contribution is 2.28. The van der Waals surface area contributed by atoms with Crippen molar-refractivity contribution in [3.05, 3.63) is 54.6 Å². The second-order valence-corrected chi connectivity index (χ2v) is 6.06. The summed E-state index contributed by atoms with van der Waals surface area (Å²) in [7, 11) is 0. The average molecular weight is 323 g/mol. The Balaban J connectivity index is 1.73. The number of rotatable bonds is 4. The second-order valence-electron chi connectivity index (χ2n) is 6.06. The topological polar surface area (TPSA) is 71.0 Å². The fourth-order valence-corrected chi connectivity index (χ4v) is 2.97. The van der Waals surface area contributed by atoms with Crippen molar-refractivity contribution in [2.75, 3.05) is 18.4 Å². The van der Waals surface area contributed by atoms with Crippen LogP contribution >= 0.6 is 0 Å². The lowest BCUT2D eigenvalue weighted by Crippen LogP contribution is -2.39. The zero-order valence-electron chi connectivity index (χ0n) is 13.8. The largest absolute Gasteiger partial charge is 0.338 e. The highest BCUT2D eigenvalue weighted by molar-refractivity contribution is 5.92. The van der Waals surface area contributed by atoms with Gasteiger partial charge in [-0.25, -0.2) is 9.97 Å². The number of nitrogens with one attached hydrogen (secondary N) is 1. The van der Waals surface area contributed by atoms with Crippen LogP contribution in [0.1, 0.15) is 31.2 Å². The molecule has 1 aliphatic heterocycles. The van der Waals surface area contributed by atoms with Crippen molar-refractivity contribution in [3.8, 4) is 0 Å². The number of piperidine rings is 1. The maximum Gasteiger partial charge on any atom is 0.248 e. The molecule has 0 aromatic carbocycles. The summed E-state index contributed by atoms with van der Waals surface area (Å²) in [5.41, 5.74) is 1.77. The minimum Gasteiger partial charge on any atom is -0.338 e. The standard InChI is InChI=1S/C18H21N5O/c1-13(2)18(24)23-9-3-4-15(12-23)14-5-6-20-16(10-14)22-17-11-19-7-8-21-17/h5-8,10-11,15H,1,3-4,9,12H2,2H3,(H,20,21,22). The van der Waals surface area contributed by atoms with E-state index in [1.807, 2.05) is 17.0 Å². The normalized spacial score (nSPS) is 17.4. The number of anilines is 2. The average Bonchev–Trinajstić information content (AvgIpc) is 2.62. The van der Waals surface area contributed by atoms with Gasteiger partial charge in [0.25, 0.3) is 0 Å². The highest BCUT2D eigenvalue weighted by Gasteiger charge is 2.25. The predicted octanol–water partition coefficient (Wildman–Crippen LogP) is 2.90. The van der Waals surface area contributed by atoms with Crippen LogP contribution in [-0.4, -0.2) is 38.8 Å². The van der Waals surface area contributed by atoms with Crippen molar-refractivity contribution in [1.29, 1.82) is 0 Å². The first kappa shape index (κ1) is 16.1. The molecule has 0 spiro atoms. The number of carbonyl (C=O) groups is 1. The molecule has 1 fully saturated rings. The van der Waals surface area contributed by atoms with Gasteiger partial charge < -0.3 is 10.2 Å². The zero-order valence-corrected chi connectivity index (χ0v) is 13.8. The van der Waals surface area contributed by atoms with Gasteiger partial charge >= 0.3 is 0 Å². The van der Waals surface area contributed by atoms with Crippen LogP contribution in [0, 0.1) is 0 Å². The molecule has 2 aromatic heterocycles. The van der Waals surface area contributed by atoms with Crippen molar-refractivity contribution in [2.45, 2.75) is 25.7 Å². The summed E-state index contributed by atoms with van der Waals surface area (Å²) in [6, 6.07) is 4.04. The Kier molecular flexibility index (Phi) is 4.84. The lowest BCUT2D eigenvalue weighted by atomic mass is 9.91. The van der Waals surface area contributed by atoms with Gasteiger partial charge in [0.15, 0.2) is 0 Å². The monoisotopic (exact) mass is 323 g/mol. The van der Waals surface area contributed by atoms with E-state index in [1.165, 1.54) is 5.56 Å². The summed E-state index contributed by atoms with van der Waals surface area (Å²) in [4.78, 5) is 26.6. The minimum atomic E-state index is 0.0478. The molecule has 2 aromatic rings. The Hall–Kier alpha value is -2.76. The molecule has 6 heteroatoms. The fraction of sp³-hybridized carbons (Fsp3) is 0.333. The number of hydrogen-bond donors (Lipinski definition) is 1. The fourth-order valence-electron chi connectivity index (χ4n) is 2.97. The lowest BCUT2D eigenvalue weighted by Gasteiger charge is -2.33. The van der Waals surface area contributed by atoms with Crippen LogP contribution in [0.4, 0.5) is 11.6 Å². The second kappa shape index (κ2) is 7.21. The Morgan fingerprint density at radius 1 is 1.29 bits per heavy atom. The molecule has 1 N–H and O–H groups in total. The number of likely N-dealkylation sites (tertiary alicyclic amines) is 1. The van der Waals surface area contributed by atoms with E-state index < -0.39 is 0 Å². The number of pyridine rings is 1. The summed E-state index contributed by atoms with van der Waals surface area (Å²) in [6.45, 7) is 7.06. The van der Waals surface area contributed by atoms with Gasteiger partial charge in [-0.2, -0.15) is 0 Å². The molecule has 1 aliphatic rings. The van der Waals surface area contributed by atoms with E-state index in [2.05, 4.69) is 26.8 Å². The van der Waals surface area contributed by atoms with Crippen molar-refractivity contribution in [3.63, 3.8) is 0 Å². The van der Waals surface area contributed by atoms with Crippen molar-refractivity contribution >= 4 is 17.5 Å². The molecule has 1 amide bonds. The molecule has 24 heavy (non-hydrogen) atoms. The van der Waals surface area contributed by atoms with Crippen LogP contribution < -0.4 is 5.32 Å². The first-order chi connectivity index (χ1) is 11.6. The van der Waals surface area contributed by atoms with Crippen LogP contribution in [0.25, 0.3) is 0 Å². The van der Waals surface area contributed by atoms with Crippen LogP contribution in [0.5, 0.6) is 0 Å². The van der Waals surface area contributed by atoms with Gasteiger partial charge in [0.05, 0.1) is 6.20 Å². The number of nitrogens with zero attached hydrogens (tertiary/aromatic N) is 4. The summed E-state index contributed by atoms with van der Waals surface area (Å²) in [5, 5.41) is 3.16. The van der Waals surface area contributed by atoms with Gasteiger partial charge in [-0.1, -0.05) is 6.58 Å². The molecule has 1 unspecified atom stereocenters. The summed E-state index contributed by atoms with van der Waals surface area (Å²) >= 11 is 0. The van der Waals surface area contributed by atoms with Gasteiger partial charge in [0.1, 0.15) is 11.6 Å². The van der Waals surface area contributed by atoms with E-state index in [1.54, 1.807) is 31.7 Å². The molecule has 0 aliphatic carbocycles. The van der Waals surface area contributed by atoms with Crippen LogP contribution in [0.3, 0.4) is 0 Å². The van der Waals surface area contributed by atoms with Crippen LogP contribution in [0.15, 0.2) is 49.1 Å². The molecular weight excluding hydrogens is 302 g/mol. The van der Waals surface area contributed by atoms with Gasteiger partial charge in [-0.05, 0) is 37.5 Å². The molecule has 0 saturated carbocycles. The number of amides is 1. The molecule has 3 rings (SSSR count). The maximum absolute atomic E-state index is 12.2. The molecule has 6 nitrogen and oxygen atoms in total. The molecule has 124 valence electrons. The van der Waals surface area contributed by atoms with Gasteiger partial charge in [-0.3, -0.25) is 9.78 Å². The van der Waals surface area contributed by atoms with Gasteiger partial charge in [0, 0.05) is 43.2 Å². The van der Waals surface area contributed by atoms with Gasteiger partial charge in [0.2, 0.25) is 5.91 Å². The zero-order chi connectivity index (χ0) is 16.9. The first-order valence-electron chi connectivity index (χ1n) is 8.07. The van der Waals surface area contributed by atoms with Crippen molar-refractivity contribution in [2.24, 2.45) is 0 Å². The molecule has 0 bridgehead atoms. The third-order valence-corrected chi connectivity index (χ3v) is 4.15. The third kappa shape index (κ3) is 3.76. The summed E-state index contributed by atoms with van der Waals surface area (Å²) in [6.07, 6.45) is 8.77. The molecule has 3 heterocycles. The van der Waals surface area contributed by atoms with Gasteiger partial charge in [-0.15, -0.1) is 0 Å². The number of aromatic nitrogens is 3. The van der Waals surface area contributed by atoms with Crippen LogP contribution in [-0.2, 0) is 4.79 Å². The third-order valence-electron chi connectivity index (χ3n) is 4.15. The molecule has 1 saturated heterocycles. The first-order valence-corrected chi connectivity index (χ1v) is 8.07. The number of carbonyl (C=O) groups excluding carboxylic acids is 1. The summed E-state index contributed by atoms with van der Waals surface area (Å²) in [5.74, 6) is 1.75. The van der Waals surface area contributed by atoms with E-state index in [9.17, 15) is 4.79 Å². The maximum atomic E-state index is 12.2. The Morgan fingerprint density at radius 2 is 2.12 bits per heavy atom. The van der Waals surface area contributed by atoms with E-state index in [0.717, 1.165) is 31.7 Å². The SMILES string of the molecule is C=C(C)C(=O)N1CCCC(c2ccnc(Nc3cnccn3)c2)C1. The molecule has 0 radical (unpaired) electrons.